The van der Waals surface area contributed by atoms with E-state index in [9.17, 15) is 14.4 Å². The third-order valence-electron chi connectivity index (χ3n) is 2.35. The van der Waals surface area contributed by atoms with E-state index in [0.717, 1.165) is 11.1 Å². The van der Waals surface area contributed by atoms with Crippen molar-refractivity contribution in [2.24, 2.45) is 0 Å². The summed E-state index contributed by atoms with van der Waals surface area (Å²) in [4.78, 5) is 38.4. The van der Waals surface area contributed by atoms with Crippen molar-refractivity contribution in [3.63, 3.8) is 0 Å². The largest absolute Gasteiger partial charge is 0.478 e. The first-order chi connectivity index (χ1) is 7.99. The molecule has 0 atom stereocenters. The zero-order valence-electron chi connectivity index (χ0n) is 8.51. The minimum atomic E-state index is -1.23. The predicted octanol–water partition coefficient (Wildman–Crippen LogP) is 0.739. The highest BCUT2D eigenvalue weighted by Gasteiger charge is 2.31. The molecule has 2 heterocycles. The Balaban J connectivity index is 2.50. The Morgan fingerprint density at radius 2 is 2.18 bits per heavy atom. The predicted molar refractivity (Wildman–Crippen MR) is 58.2 cm³/mol. The summed E-state index contributed by atoms with van der Waals surface area (Å²) in [6.07, 6.45) is 0.856. The number of Topliss-reactive ketones (excluding diaryl/α,β-unsaturated/α-hetero) is 1. The molecule has 1 aliphatic rings. The van der Waals surface area contributed by atoms with Gasteiger partial charge in [0, 0.05) is 12.3 Å². The number of nitrogens with zero attached hydrogens (tertiary/aromatic N) is 2. The molecule has 88 valence electrons. The summed E-state index contributed by atoms with van der Waals surface area (Å²) in [6, 6.07) is 1.27. The fourth-order valence-electron chi connectivity index (χ4n) is 1.61. The van der Waals surface area contributed by atoms with Gasteiger partial charge in [-0.15, -0.1) is 0 Å². The number of ketones is 1. The fourth-order valence-corrected chi connectivity index (χ4v) is 1.76. The standard InChI is InChI=1S/C10H7ClN2O4/c11-8-2-7(6(3-12-8)10(16)17)13-4-5(14)1-9(13)15/h2-3H,1,4H2,(H,16,17). The molecule has 0 radical (unpaired) electrons. The number of hydrogen-bond acceptors (Lipinski definition) is 4. The first-order valence-electron chi connectivity index (χ1n) is 4.70. The van der Waals surface area contributed by atoms with Crippen molar-refractivity contribution in [2.75, 3.05) is 11.4 Å². The summed E-state index contributed by atoms with van der Waals surface area (Å²) >= 11 is 5.66. The maximum absolute atomic E-state index is 11.5. The van der Waals surface area contributed by atoms with Gasteiger partial charge >= 0.3 is 5.97 Å². The number of amides is 1. The minimum Gasteiger partial charge on any atom is -0.478 e. The third kappa shape index (κ3) is 2.12. The maximum atomic E-state index is 11.5. The van der Waals surface area contributed by atoms with E-state index >= 15 is 0 Å². The van der Waals surface area contributed by atoms with Crippen LogP contribution >= 0.6 is 11.6 Å². The van der Waals surface area contributed by atoms with Gasteiger partial charge in [-0.2, -0.15) is 0 Å². The monoisotopic (exact) mass is 254 g/mol. The summed E-state index contributed by atoms with van der Waals surface area (Å²) in [7, 11) is 0. The van der Waals surface area contributed by atoms with Gasteiger partial charge in [0.2, 0.25) is 5.91 Å². The number of rotatable bonds is 2. The Morgan fingerprint density at radius 1 is 1.47 bits per heavy atom. The molecule has 1 amide bonds. The van der Waals surface area contributed by atoms with E-state index in [4.69, 9.17) is 16.7 Å². The van der Waals surface area contributed by atoms with Crippen LogP contribution in [0.4, 0.5) is 5.69 Å². The van der Waals surface area contributed by atoms with Gasteiger partial charge in [0.15, 0.2) is 5.78 Å². The third-order valence-corrected chi connectivity index (χ3v) is 2.56. The smallest absolute Gasteiger partial charge is 0.339 e. The van der Waals surface area contributed by atoms with Crippen molar-refractivity contribution in [3.8, 4) is 0 Å². The van der Waals surface area contributed by atoms with E-state index in [2.05, 4.69) is 4.98 Å². The quantitative estimate of drug-likeness (QED) is 0.621. The lowest BCUT2D eigenvalue weighted by atomic mass is 10.2. The molecule has 1 aromatic rings. The SMILES string of the molecule is O=C1CC(=O)N(c2cc(Cl)ncc2C(=O)O)C1. The van der Waals surface area contributed by atoms with Crippen LogP contribution in [0.1, 0.15) is 16.8 Å². The van der Waals surface area contributed by atoms with Crippen LogP contribution in [-0.2, 0) is 9.59 Å². The highest BCUT2D eigenvalue weighted by molar-refractivity contribution is 6.30. The first-order valence-corrected chi connectivity index (χ1v) is 5.07. The van der Waals surface area contributed by atoms with Crippen LogP contribution in [0.25, 0.3) is 0 Å². The van der Waals surface area contributed by atoms with Gasteiger partial charge in [0.05, 0.1) is 18.7 Å². The van der Waals surface area contributed by atoms with Gasteiger partial charge in [-0.25, -0.2) is 9.78 Å². The summed E-state index contributed by atoms with van der Waals surface area (Å²) in [5.74, 6) is -1.91. The van der Waals surface area contributed by atoms with Gasteiger partial charge in [0.25, 0.3) is 0 Å². The Labute approximate surface area is 101 Å². The molecule has 1 saturated heterocycles. The van der Waals surface area contributed by atoms with Crippen LogP contribution < -0.4 is 4.90 Å². The first kappa shape index (κ1) is 11.5. The maximum Gasteiger partial charge on any atom is 0.339 e. The molecule has 0 saturated carbocycles. The molecule has 7 heteroatoms. The van der Waals surface area contributed by atoms with Crippen molar-refractivity contribution < 1.29 is 19.5 Å². The molecule has 1 aliphatic heterocycles. The summed E-state index contributed by atoms with van der Waals surface area (Å²) < 4.78 is 0. The number of carbonyl (C=O) groups excluding carboxylic acids is 2. The van der Waals surface area contributed by atoms with Crippen molar-refractivity contribution in [2.45, 2.75) is 6.42 Å². The van der Waals surface area contributed by atoms with Crippen LogP contribution in [0.5, 0.6) is 0 Å². The highest BCUT2D eigenvalue weighted by atomic mass is 35.5. The summed E-state index contributed by atoms with van der Waals surface area (Å²) in [5, 5.41) is 9.03. The lowest BCUT2D eigenvalue weighted by Gasteiger charge is -2.16. The van der Waals surface area contributed by atoms with Crippen LogP contribution in [-0.4, -0.2) is 34.3 Å². The number of anilines is 1. The molecule has 1 fully saturated rings. The van der Waals surface area contributed by atoms with Gasteiger partial charge in [-0.1, -0.05) is 11.6 Å². The van der Waals surface area contributed by atoms with E-state index in [1.54, 1.807) is 0 Å². The molecule has 0 bridgehead atoms. The topological polar surface area (TPSA) is 87.6 Å². The van der Waals surface area contributed by atoms with Crippen LogP contribution in [0.2, 0.25) is 5.15 Å². The number of aromatic carboxylic acids is 1. The minimum absolute atomic E-state index is 0.0668. The van der Waals surface area contributed by atoms with E-state index in [1.165, 1.54) is 6.07 Å². The molecule has 0 aliphatic carbocycles. The summed E-state index contributed by atoms with van der Waals surface area (Å²) in [5.41, 5.74) is -0.0502. The highest BCUT2D eigenvalue weighted by Crippen LogP contribution is 2.26. The number of aromatic nitrogens is 1. The number of carboxylic acid groups (broad SMARTS) is 1. The molecule has 1 aromatic heterocycles. The van der Waals surface area contributed by atoms with Crippen molar-refractivity contribution in [1.29, 1.82) is 0 Å². The van der Waals surface area contributed by atoms with E-state index in [0.29, 0.717) is 0 Å². The van der Waals surface area contributed by atoms with Crippen molar-refractivity contribution in [1.82, 2.24) is 4.98 Å². The number of halogens is 1. The molecule has 1 N–H and O–H groups in total. The van der Waals surface area contributed by atoms with Gasteiger partial charge < -0.3 is 10.0 Å². The zero-order chi connectivity index (χ0) is 12.6. The van der Waals surface area contributed by atoms with E-state index < -0.39 is 11.9 Å². The number of carboxylic acids is 1. The lowest BCUT2D eigenvalue weighted by Crippen LogP contribution is -2.26. The normalized spacial score (nSPS) is 15.5. The fraction of sp³-hybridized carbons (Fsp3) is 0.200. The Hall–Kier alpha value is -1.95. The van der Waals surface area contributed by atoms with Crippen LogP contribution in [0.3, 0.4) is 0 Å². The molecular weight excluding hydrogens is 248 g/mol. The Kier molecular flexibility index (Phi) is 2.81. The zero-order valence-corrected chi connectivity index (χ0v) is 9.27. The van der Waals surface area contributed by atoms with Crippen molar-refractivity contribution >= 4 is 34.9 Å². The lowest BCUT2D eigenvalue weighted by molar-refractivity contribution is -0.121. The molecule has 0 unspecified atom stereocenters. The van der Waals surface area contributed by atoms with Crippen LogP contribution in [0, 0.1) is 0 Å². The average molecular weight is 255 g/mol. The number of pyridine rings is 1. The summed E-state index contributed by atoms with van der Waals surface area (Å²) in [6.45, 7) is -0.126. The Morgan fingerprint density at radius 3 is 2.71 bits per heavy atom. The van der Waals surface area contributed by atoms with E-state index in [-0.39, 0.29) is 35.2 Å². The van der Waals surface area contributed by atoms with Gasteiger partial charge in [0.1, 0.15) is 10.7 Å². The molecule has 17 heavy (non-hydrogen) atoms. The van der Waals surface area contributed by atoms with Crippen LogP contribution in [0.15, 0.2) is 12.3 Å². The molecule has 0 spiro atoms. The average Bonchev–Trinajstić information content (AvgIpc) is 2.57. The number of carbonyl (C=O) groups is 3. The molecular formula is C10H7ClN2O4. The molecule has 6 nitrogen and oxygen atoms in total. The van der Waals surface area contributed by atoms with Gasteiger partial charge in [-0.05, 0) is 0 Å². The van der Waals surface area contributed by atoms with Gasteiger partial charge in [-0.3, -0.25) is 9.59 Å². The second kappa shape index (κ2) is 4.14. The second-order valence-electron chi connectivity index (χ2n) is 3.52. The van der Waals surface area contributed by atoms with E-state index in [1.807, 2.05) is 0 Å². The van der Waals surface area contributed by atoms with Crippen molar-refractivity contribution in [3.05, 3.63) is 23.0 Å². The number of hydrogen-bond donors (Lipinski definition) is 1. The molecule has 0 aromatic carbocycles. The second-order valence-corrected chi connectivity index (χ2v) is 3.91. The molecule has 2 rings (SSSR count). The Bertz CT molecular complexity index is 529.